The van der Waals surface area contributed by atoms with Crippen LogP contribution in [0.4, 0.5) is 5.69 Å². The number of nitro benzene ring substituents is 1. The minimum Gasteiger partial charge on any atom is -0.350 e. The summed E-state index contributed by atoms with van der Waals surface area (Å²) in [5, 5.41) is 15.5. The molecule has 0 saturated heterocycles. The average Bonchev–Trinajstić information content (AvgIpc) is 2.92. The van der Waals surface area contributed by atoms with Crippen LogP contribution in [0.15, 0.2) is 52.0 Å². The first-order chi connectivity index (χ1) is 12.0. The summed E-state index contributed by atoms with van der Waals surface area (Å²) in [5.41, 5.74) is 5.24. The number of aromatic amines is 1. The number of benzene rings is 2. The molecule has 7 nitrogen and oxygen atoms in total. The van der Waals surface area contributed by atoms with E-state index in [9.17, 15) is 14.9 Å². The van der Waals surface area contributed by atoms with Gasteiger partial charge in [-0.25, -0.2) is 5.43 Å². The molecule has 8 heteroatoms. The Morgan fingerprint density at radius 1 is 1.28 bits per heavy atom. The molecule has 25 heavy (non-hydrogen) atoms. The topological polar surface area (TPSA) is 100 Å². The van der Waals surface area contributed by atoms with Crippen molar-refractivity contribution in [1.82, 2.24) is 10.4 Å². The lowest BCUT2D eigenvalue weighted by atomic mass is 10.1. The Balaban J connectivity index is 1.74. The van der Waals surface area contributed by atoms with Crippen LogP contribution in [0.25, 0.3) is 10.9 Å². The first-order valence-corrected chi connectivity index (χ1v) is 8.10. The van der Waals surface area contributed by atoms with Gasteiger partial charge in [0, 0.05) is 27.5 Å². The van der Waals surface area contributed by atoms with Crippen LogP contribution in [0, 0.1) is 17.0 Å². The molecule has 0 aliphatic rings. The van der Waals surface area contributed by atoms with Crippen LogP contribution in [0.3, 0.4) is 0 Å². The molecule has 1 heterocycles. The van der Waals surface area contributed by atoms with Crippen molar-refractivity contribution >= 4 is 44.6 Å². The highest BCUT2D eigenvalue weighted by atomic mass is 79.9. The van der Waals surface area contributed by atoms with Gasteiger partial charge in [-0.2, -0.15) is 5.10 Å². The molecule has 0 aliphatic heterocycles. The maximum atomic E-state index is 12.3. The molecular weight excluding hydrogens is 388 g/mol. The number of hydrogen-bond acceptors (Lipinski definition) is 4. The first kappa shape index (κ1) is 16.8. The fourth-order valence-electron chi connectivity index (χ4n) is 2.43. The van der Waals surface area contributed by atoms with Gasteiger partial charge in [0.1, 0.15) is 5.69 Å². The van der Waals surface area contributed by atoms with Gasteiger partial charge in [-0.1, -0.05) is 15.9 Å². The minimum atomic E-state index is -0.472. The third-order valence-corrected chi connectivity index (χ3v) is 4.22. The van der Waals surface area contributed by atoms with Crippen molar-refractivity contribution in [3.63, 3.8) is 0 Å². The zero-order chi connectivity index (χ0) is 18.0. The minimum absolute atomic E-state index is 0.000969. The Bertz CT molecular complexity index is 993. The van der Waals surface area contributed by atoms with Crippen molar-refractivity contribution in [1.29, 1.82) is 0 Å². The van der Waals surface area contributed by atoms with E-state index in [1.165, 1.54) is 18.3 Å². The molecular formula is C17H13BrN4O3. The number of aryl methyl sites for hydroxylation is 1. The van der Waals surface area contributed by atoms with Gasteiger partial charge in [-0.05, 0) is 48.4 Å². The van der Waals surface area contributed by atoms with E-state index < -0.39 is 4.92 Å². The summed E-state index contributed by atoms with van der Waals surface area (Å²) in [7, 11) is 0. The van der Waals surface area contributed by atoms with E-state index in [2.05, 4.69) is 31.4 Å². The lowest BCUT2D eigenvalue weighted by Crippen LogP contribution is -2.18. The average molecular weight is 401 g/mol. The zero-order valence-electron chi connectivity index (χ0n) is 13.1. The maximum absolute atomic E-state index is 12.3. The lowest BCUT2D eigenvalue weighted by Gasteiger charge is -1.99. The monoisotopic (exact) mass is 400 g/mol. The predicted octanol–water partition coefficient (Wildman–Crippen LogP) is 3.91. The molecule has 0 atom stereocenters. The number of nitro groups is 1. The maximum Gasteiger partial charge on any atom is 0.288 e. The number of aromatic nitrogens is 1. The van der Waals surface area contributed by atoms with Gasteiger partial charge in [-0.15, -0.1) is 0 Å². The van der Waals surface area contributed by atoms with Crippen LogP contribution in [0.1, 0.15) is 21.6 Å². The van der Waals surface area contributed by atoms with Crippen LogP contribution < -0.4 is 5.43 Å². The molecule has 1 aromatic heterocycles. The molecule has 0 saturated carbocycles. The Kier molecular flexibility index (Phi) is 4.62. The van der Waals surface area contributed by atoms with Gasteiger partial charge in [0.2, 0.25) is 0 Å². The highest BCUT2D eigenvalue weighted by Crippen LogP contribution is 2.25. The molecule has 0 aliphatic carbocycles. The number of H-pyrrole nitrogens is 1. The van der Waals surface area contributed by atoms with Gasteiger partial charge in [0.25, 0.3) is 11.6 Å². The van der Waals surface area contributed by atoms with E-state index in [0.717, 1.165) is 20.9 Å². The third-order valence-electron chi connectivity index (χ3n) is 3.73. The number of non-ortho nitro benzene ring substituents is 1. The number of carbonyl (C=O) groups is 1. The molecule has 0 bridgehead atoms. The molecule has 0 radical (unpaired) electrons. The number of amides is 1. The van der Waals surface area contributed by atoms with E-state index in [4.69, 9.17) is 0 Å². The Morgan fingerprint density at radius 2 is 2.00 bits per heavy atom. The second-order valence-electron chi connectivity index (χ2n) is 5.36. The second kappa shape index (κ2) is 6.86. The van der Waals surface area contributed by atoms with Crippen LogP contribution >= 0.6 is 15.9 Å². The summed E-state index contributed by atoms with van der Waals surface area (Å²) < 4.78 is 0.935. The van der Waals surface area contributed by atoms with Crippen molar-refractivity contribution in [2.24, 2.45) is 5.10 Å². The first-order valence-electron chi connectivity index (χ1n) is 7.31. The van der Waals surface area contributed by atoms with E-state index in [1.807, 2.05) is 25.1 Å². The molecule has 0 unspecified atom stereocenters. The summed E-state index contributed by atoms with van der Waals surface area (Å²) in [4.78, 5) is 25.5. The number of fused-ring (bicyclic) bond motifs is 1. The Labute approximate surface area is 151 Å². The van der Waals surface area contributed by atoms with Gasteiger partial charge < -0.3 is 4.98 Å². The number of carbonyl (C=O) groups excluding carboxylic acids is 1. The number of hydrogen-bond donors (Lipinski definition) is 2. The van der Waals surface area contributed by atoms with E-state index in [-0.39, 0.29) is 11.6 Å². The quantitative estimate of drug-likeness (QED) is 0.394. The van der Waals surface area contributed by atoms with Gasteiger partial charge in [-0.3, -0.25) is 14.9 Å². The molecule has 0 fully saturated rings. The van der Waals surface area contributed by atoms with Crippen LogP contribution in [0.2, 0.25) is 0 Å². The summed E-state index contributed by atoms with van der Waals surface area (Å²) in [6.07, 6.45) is 1.43. The highest BCUT2D eigenvalue weighted by Gasteiger charge is 2.14. The van der Waals surface area contributed by atoms with Crippen molar-refractivity contribution < 1.29 is 9.72 Å². The highest BCUT2D eigenvalue weighted by molar-refractivity contribution is 9.10. The molecule has 3 aromatic rings. The molecule has 2 N–H and O–H groups in total. The normalized spacial score (nSPS) is 11.1. The largest absolute Gasteiger partial charge is 0.350 e. The Morgan fingerprint density at radius 3 is 2.68 bits per heavy atom. The van der Waals surface area contributed by atoms with Crippen molar-refractivity contribution in [3.8, 4) is 0 Å². The van der Waals surface area contributed by atoms with Crippen LogP contribution in [0.5, 0.6) is 0 Å². The molecule has 2 aromatic carbocycles. The summed E-state index contributed by atoms with van der Waals surface area (Å²) in [5.74, 6) is -0.358. The van der Waals surface area contributed by atoms with E-state index in [1.54, 1.807) is 12.1 Å². The van der Waals surface area contributed by atoms with Crippen LogP contribution in [-0.2, 0) is 0 Å². The van der Waals surface area contributed by atoms with Crippen molar-refractivity contribution in [2.45, 2.75) is 6.92 Å². The number of nitrogens with zero attached hydrogens (tertiary/aromatic N) is 2. The van der Waals surface area contributed by atoms with Crippen molar-refractivity contribution in [3.05, 3.63) is 73.9 Å². The standard InChI is InChI=1S/C17H13BrN4O3/c1-10-14-8-12(18)4-7-15(14)20-16(10)17(23)21-19-9-11-2-5-13(6-3-11)22(24)25/h2-9,20H,1H3,(H,21,23)/b19-9-. The fourth-order valence-corrected chi connectivity index (χ4v) is 2.79. The smallest absolute Gasteiger partial charge is 0.288 e. The summed E-state index contributed by atoms with van der Waals surface area (Å²) in [6, 6.07) is 11.6. The number of nitrogens with one attached hydrogen (secondary N) is 2. The SMILES string of the molecule is Cc1c(C(=O)N/N=C\c2ccc([N+](=O)[O-])cc2)[nH]c2ccc(Br)cc12. The van der Waals surface area contributed by atoms with E-state index in [0.29, 0.717) is 11.3 Å². The molecule has 0 spiro atoms. The molecule has 1 amide bonds. The van der Waals surface area contributed by atoms with Gasteiger partial charge in [0.15, 0.2) is 0 Å². The molecule has 126 valence electrons. The molecule has 3 rings (SSSR count). The predicted molar refractivity (Wildman–Crippen MR) is 98.9 cm³/mol. The summed E-state index contributed by atoms with van der Waals surface area (Å²) >= 11 is 3.41. The van der Waals surface area contributed by atoms with Crippen molar-refractivity contribution in [2.75, 3.05) is 0 Å². The zero-order valence-corrected chi connectivity index (χ0v) is 14.7. The third kappa shape index (κ3) is 3.58. The van der Waals surface area contributed by atoms with Gasteiger partial charge in [0.05, 0.1) is 11.1 Å². The summed E-state index contributed by atoms with van der Waals surface area (Å²) in [6.45, 7) is 1.86. The van der Waals surface area contributed by atoms with E-state index >= 15 is 0 Å². The second-order valence-corrected chi connectivity index (χ2v) is 6.28. The van der Waals surface area contributed by atoms with Crippen LogP contribution in [-0.4, -0.2) is 22.0 Å². The van der Waals surface area contributed by atoms with Gasteiger partial charge >= 0.3 is 0 Å². The number of halogens is 1. The number of hydrazone groups is 1. The Hall–Kier alpha value is -3.00. The number of rotatable bonds is 4. The lowest BCUT2D eigenvalue weighted by molar-refractivity contribution is -0.384. The fraction of sp³-hybridized carbons (Fsp3) is 0.0588.